The third-order valence-corrected chi connectivity index (χ3v) is 6.11. The lowest BCUT2D eigenvalue weighted by atomic mass is 10.0. The Labute approximate surface area is 185 Å². The first-order valence-electron chi connectivity index (χ1n) is 10.6. The predicted molar refractivity (Wildman–Crippen MR) is 123 cm³/mol. The van der Waals surface area contributed by atoms with Crippen LogP contribution in [0.1, 0.15) is 34.5 Å². The predicted octanol–water partition coefficient (Wildman–Crippen LogP) is 2.28. The quantitative estimate of drug-likeness (QED) is 0.379. The topological polar surface area (TPSA) is 142 Å². The summed E-state index contributed by atoms with van der Waals surface area (Å²) in [6, 6.07) is 12.9. The number of pyridine rings is 1. The average molecular weight is 429 g/mol. The second-order valence-electron chi connectivity index (χ2n) is 8.21. The number of rotatable bonds is 6. The van der Waals surface area contributed by atoms with Crippen LogP contribution in [-0.4, -0.2) is 45.2 Å². The number of hydrogen-bond donors (Lipinski definition) is 5. The van der Waals surface area contributed by atoms with E-state index in [1.165, 1.54) is 6.33 Å². The fourth-order valence-electron chi connectivity index (χ4n) is 4.50. The standard InChI is InChI=1S/C23H24N8O/c24-20(14-4-6-15(7-5-14)30-23(32)16-3-1-2-8-26-16)19-21(25)28-12-29-22(19)31-18-10-13-9-17(18)27-11-13/h1-8,12-13,17-18,24,27H,9-11H2,(H,30,32)(H3,25,28,29,31). The molecule has 3 atom stereocenters. The molecule has 6 N–H and O–H groups in total. The molecule has 9 nitrogen and oxygen atoms in total. The number of carbonyl (C=O) groups excluding carboxylic acids is 1. The van der Waals surface area contributed by atoms with Crippen molar-refractivity contribution in [3.8, 4) is 0 Å². The van der Waals surface area contributed by atoms with Gasteiger partial charge in [0.05, 0.1) is 11.3 Å². The van der Waals surface area contributed by atoms with Crippen LogP contribution in [0.5, 0.6) is 0 Å². The van der Waals surface area contributed by atoms with Gasteiger partial charge in [0.25, 0.3) is 5.91 Å². The Morgan fingerprint density at radius 2 is 1.94 bits per heavy atom. The van der Waals surface area contributed by atoms with Crippen LogP contribution in [0.4, 0.5) is 17.3 Å². The molecule has 3 unspecified atom stereocenters. The van der Waals surface area contributed by atoms with Crippen molar-refractivity contribution in [3.05, 3.63) is 71.8 Å². The largest absolute Gasteiger partial charge is 0.383 e. The van der Waals surface area contributed by atoms with Crippen LogP contribution in [0.3, 0.4) is 0 Å². The third kappa shape index (κ3) is 3.90. The van der Waals surface area contributed by atoms with Crippen LogP contribution in [0.25, 0.3) is 0 Å². The summed E-state index contributed by atoms with van der Waals surface area (Å²) in [4.78, 5) is 24.8. The molecule has 32 heavy (non-hydrogen) atoms. The molecule has 0 radical (unpaired) electrons. The Bertz CT molecular complexity index is 1150. The molecule has 2 aromatic heterocycles. The van der Waals surface area contributed by atoms with Gasteiger partial charge in [-0.1, -0.05) is 18.2 Å². The van der Waals surface area contributed by atoms with Crippen LogP contribution < -0.4 is 21.7 Å². The molecule has 1 aromatic carbocycles. The highest BCUT2D eigenvalue weighted by atomic mass is 16.1. The molecule has 162 valence electrons. The maximum Gasteiger partial charge on any atom is 0.274 e. The second kappa shape index (κ2) is 8.35. The van der Waals surface area contributed by atoms with Crippen LogP contribution in [0.2, 0.25) is 0 Å². The van der Waals surface area contributed by atoms with E-state index in [-0.39, 0.29) is 23.5 Å². The molecule has 3 heterocycles. The maximum atomic E-state index is 12.3. The Morgan fingerprint density at radius 1 is 1.09 bits per heavy atom. The summed E-state index contributed by atoms with van der Waals surface area (Å²) in [6.45, 7) is 1.07. The fraction of sp³-hybridized carbons (Fsp3) is 0.261. The van der Waals surface area contributed by atoms with E-state index in [9.17, 15) is 4.79 Å². The Morgan fingerprint density at radius 3 is 2.62 bits per heavy atom. The third-order valence-electron chi connectivity index (χ3n) is 6.11. The van der Waals surface area contributed by atoms with Gasteiger partial charge in [-0.2, -0.15) is 0 Å². The number of nitrogens with zero attached hydrogens (tertiary/aromatic N) is 3. The monoisotopic (exact) mass is 428 g/mol. The first kappa shape index (κ1) is 20.1. The molecule has 3 aromatic rings. The minimum atomic E-state index is -0.292. The molecular formula is C23H24N8O. The van der Waals surface area contributed by atoms with Gasteiger partial charge in [-0.3, -0.25) is 15.2 Å². The van der Waals surface area contributed by atoms with Crippen LogP contribution in [0.15, 0.2) is 55.0 Å². The fourth-order valence-corrected chi connectivity index (χ4v) is 4.50. The minimum Gasteiger partial charge on any atom is -0.383 e. The smallest absolute Gasteiger partial charge is 0.274 e. The van der Waals surface area contributed by atoms with Crippen LogP contribution >= 0.6 is 0 Å². The lowest BCUT2D eigenvalue weighted by Gasteiger charge is -2.25. The van der Waals surface area contributed by atoms with Gasteiger partial charge in [-0.25, -0.2) is 9.97 Å². The van der Waals surface area contributed by atoms with Crippen molar-refractivity contribution in [1.29, 1.82) is 5.41 Å². The van der Waals surface area contributed by atoms with Crippen LogP contribution in [-0.2, 0) is 0 Å². The van der Waals surface area contributed by atoms with E-state index in [1.807, 2.05) is 0 Å². The summed E-state index contributed by atoms with van der Waals surface area (Å²) >= 11 is 0. The first-order valence-corrected chi connectivity index (χ1v) is 10.6. The van der Waals surface area contributed by atoms with Gasteiger partial charge < -0.3 is 21.7 Å². The highest BCUT2D eigenvalue weighted by Gasteiger charge is 2.39. The number of nitrogens with two attached hydrogens (primary N) is 1. The summed E-state index contributed by atoms with van der Waals surface area (Å²) in [5, 5.41) is 18.6. The van der Waals surface area contributed by atoms with Gasteiger partial charge in [0.1, 0.15) is 23.7 Å². The lowest BCUT2D eigenvalue weighted by Crippen LogP contribution is -2.41. The zero-order valence-corrected chi connectivity index (χ0v) is 17.4. The van der Waals surface area contributed by atoms with Gasteiger partial charge >= 0.3 is 0 Å². The molecule has 1 aliphatic heterocycles. The number of aromatic nitrogens is 3. The van der Waals surface area contributed by atoms with E-state index in [1.54, 1.807) is 48.7 Å². The summed E-state index contributed by atoms with van der Waals surface area (Å²) in [7, 11) is 0. The van der Waals surface area contributed by atoms with Crippen molar-refractivity contribution >= 4 is 28.9 Å². The highest BCUT2D eigenvalue weighted by Crippen LogP contribution is 2.34. The molecule has 1 saturated carbocycles. The summed E-state index contributed by atoms with van der Waals surface area (Å²) in [5.74, 6) is 1.24. The number of piperidine rings is 1. The number of nitrogens with one attached hydrogen (secondary N) is 4. The van der Waals surface area contributed by atoms with Gasteiger partial charge in [-0.05, 0) is 49.6 Å². The van der Waals surface area contributed by atoms with Gasteiger partial charge in [0.2, 0.25) is 0 Å². The zero-order chi connectivity index (χ0) is 22.1. The van der Waals surface area contributed by atoms with Gasteiger partial charge in [0, 0.05) is 29.5 Å². The van der Waals surface area contributed by atoms with Crippen molar-refractivity contribution < 1.29 is 4.79 Å². The van der Waals surface area contributed by atoms with E-state index in [0.29, 0.717) is 40.3 Å². The number of anilines is 3. The normalized spacial score (nSPS) is 21.3. The summed E-state index contributed by atoms with van der Waals surface area (Å²) in [6.07, 6.45) is 5.24. The van der Waals surface area contributed by atoms with Crippen molar-refractivity contribution in [1.82, 2.24) is 20.3 Å². The summed E-state index contributed by atoms with van der Waals surface area (Å²) < 4.78 is 0. The van der Waals surface area contributed by atoms with E-state index < -0.39 is 0 Å². The lowest BCUT2D eigenvalue weighted by molar-refractivity contribution is 0.102. The second-order valence-corrected chi connectivity index (χ2v) is 8.21. The molecular weight excluding hydrogens is 404 g/mol. The van der Waals surface area contributed by atoms with Crippen molar-refractivity contribution in [2.75, 3.05) is 22.9 Å². The molecule has 2 aliphatic rings. The molecule has 1 saturated heterocycles. The number of hydrogen-bond acceptors (Lipinski definition) is 8. The van der Waals surface area contributed by atoms with Gasteiger partial charge in [0.15, 0.2) is 0 Å². The Kier molecular flexibility index (Phi) is 5.24. The van der Waals surface area contributed by atoms with Gasteiger partial charge in [-0.15, -0.1) is 0 Å². The highest BCUT2D eigenvalue weighted by molar-refractivity contribution is 6.16. The molecule has 1 aliphatic carbocycles. The number of nitrogen functional groups attached to an aromatic ring is 1. The Balaban J connectivity index is 1.33. The van der Waals surface area contributed by atoms with Crippen molar-refractivity contribution in [3.63, 3.8) is 0 Å². The zero-order valence-electron chi connectivity index (χ0n) is 17.4. The first-order chi connectivity index (χ1) is 15.6. The minimum absolute atomic E-state index is 0.226. The molecule has 9 heteroatoms. The molecule has 5 rings (SSSR count). The molecule has 0 spiro atoms. The van der Waals surface area contributed by atoms with E-state index in [4.69, 9.17) is 11.1 Å². The van der Waals surface area contributed by atoms with Crippen molar-refractivity contribution in [2.45, 2.75) is 24.9 Å². The van der Waals surface area contributed by atoms with E-state index in [2.05, 4.69) is 30.9 Å². The Hall–Kier alpha value is -3.85. The molecule has 1 amide bonds. The average Bonchev–Trinajstić information content (AvgIpc) is 3.43. The maximum absolute atomic E-state index is 12.3. The summed E-state index contributed by atoms with van der Waals surface area (Å²) in [5.41, 5.74) is 8.47. The molecule has 2 bridgehead atoms. The van der Waals surface area contributed by atoms with E-state index >= 15 is 0 Å². The number of amides is 1. The number of benzene rings is 1. The van der Waals surface area contributed by atoms with E-state index in [0.717, 1.165) is 19.4 Å². The number of carbonyl (C=O) groups is 1. The SMILES string of the molecule is N=C(c1ccc(NC(=O)c2ccccn2)cc1)c1c(N)ncnc1NC1CC2CNC1C2. The molecule has 2 fully saturated rings. The van der Waals surface area contributed by atoms with Crippen molar-refractivity contribution in [2.24, 2.45) is 5.92 Å². The number of fused-ring (bicyclic) bond motifs is 2. The van der Waals surface area contributed by atoms with Crippen LogP contribution in [0, 0.1) is 11.3 Å².